The third kappa shape index (κ3) is 2.15. The van der Waals surface area contributed by atoms with Gasteiger partial charge in [0.05, 0.1) is 23.2 Å². The molecule has 2 aromatic rings. The van der Waals surface area contributed by atoms with E-state index >= 15 is 0 Å². The van der Waals surface area contributed by atoms with Gasteiger partial charge in [-0.2, -0.15) is 5.10 Å². The van der Waals surface area contributed by atoms with Crippen LogP contribution in [0.3, 0.4) is 0 Å². The highest BCUT2D eigenvalue weighted by atomic mass is 19.1. The van der Waals surface area contributed by atoms with Gasteiger partial charge in [0.25, 0.3) is 5.56 Å². The van der Waals surface area contributed by atoms with Crippen molar-refractivity contribution in [2.75, 3.05) is 6.61 Å². The molecule has 1 atom stereocenters. The van der Waals surface area contributed by atoms with Gasteiger partial charge in [-0.05, 0) is 37.8 Å². The van der Waals surface area contributed by atoms with Crippen LogP contribution < -0.4 is 5.56 Å². The summed E-state index contributed by atoms with van der Waals surface area (Å²) in [5, 5.41) is 4.96. The monoisotopic (exact) mass is 302 g/mol. The summed E-state index contributed by atoms with van der Waals surface area (Å²) >= 11 is 0. The van der Waals surface area contributed by atoms with Gasteiger partial charge in [-0.3, -0.25) is 4.79 Å². The smallest absolute Gasteiger partial charge is 0.274 e. The molecule has 4 nitrogen and oxygen atoms in total. The van der Waals surface area contributed by atoms with Crippen LogP contribution in [0.15, 0.2) is 29.2 Å². The molecule has 2 fully saturated rings. The van der Waals surface area contributed by atoms with Crippen molar-refractivity contribution in [2.45, 2.75) is 50.2 Å². The molecule has 1 saturated heterocycles. The number of benzene rings is 1. The van der Waals surface area contributed by atoms with Crippen LogP contribution in [0.4, 0.5) is 4.39 Å². The number of halogens is 1. The maximum Gasteiger partial charge on any atom is 0.274 e. The van der Waals surface area contributed by atoms with Crippen LogP contribution in [0.5, 0.6) is 0 Å². The lowest BCUT2D eigenvalue weighted by Crippen LogP contribution is -2.41. The summed E-state index contributed by atoms with van der Waals surface area (Å²) in [4.78, 5) is 12.7. The fourth-order valence-electron chi connectivity index (χ4n) is 3.99. The number of rotatable bonds is 1. The summed E-state index contributed by atoms with van der Waals surface area (Å²) in [5.41, 5.74) is -0.266. The Bertz CT molecular complexity index is 765. The molecule has 0 N–H and O–H groups in total. The first-order chi connectivity index (χ1) is 10.7. The van der Waals surface area contributed by atoms with Gasteiger partial charge in [0.2, 0.25) is 0 Å². The van der Waals surface area contributed by atoms with Crippen molar-refractivity contribution >= 4 is 10.8 Å². The van der Waals surface area contributed by atoms with Crippen LogP contribution in [0.25, 0.3) is 10.8 Å². The zero-order chi connectivity index (χ0) is 15.2. The molecule has 4 rings (SSSR count). The lowest BCUT2D eigenvalue weighted by Gasteiger charge is -2.38. The van der Waals surface area contributed by atoms with Crippen molar-refractivity contribution in [3.05, 3.63) is 40.6 Å². The van der Waals surface area contributed by atoms with E-state index in [0.717, 1.165) is 25.7 Å². The van der Waals surface area contributed by atoms with Crippen LogP contribution in [0.1, 0.15) is 44.6 Å². The Hall–Kier alpha value is -1.75. The molecular weight excluding hydrogens is 283 g/mol. The summed E-state index contributed by atoms with van der Waals surface area (Å²) in [6, 6.07) is 4.65. The number of fused-ring (bicyclic) bond motifs is 1. The average molecular weight is 302 g/mol. The van der Waals surface area contributed by atoms with Gasteiger partial charge in [-0.15, -0.1) is 0 Å². The summed E-state index contributed by atoms with van der Waals surface area (Å²) < 4.78 is 21.3. The maximum atomic E-state index is 13.8. The topological polar surface area (TPSA) is 44.1 Å². The van der Waals surface area contributed by atoms with E-state index < -0.39 is 5.82 Å². The second-order valence-corrected chi connectivity index (χ2v) is 6.48. The lowest BCUT2D eigenvalue weighted by molar-refractivity contribution is -0.0915. The van der Waals surface area contributed by atoms with E-state index in [2.05, 4.69) is 5.10 Å². The first-order valence-corrected chi connectivity index (χ1v) is 7.99. The molecule has 1 unspecified atom stereocenters. The summed E-state index contributed by atoms with van der Waals surface area (Å²) in [6.45, 7) is 0.667. The van der Waals surface area contributed by atoms with Gasteiger partial charge in [-0.25, -0.2) is 9.07 Å². The van der Waals surface area contributed by atoms with E-state index in [0.29, 0.717) is 17.4 Å². The minimum absolute atomic E-state index is 0.0482. The minimum atomic E-state index is -0.395. The molecule has 1 saturated carbocycles. The zero-order valence-electron chi connectivity index (χ0n) is 12.4. The van der Waals surface area contributed by atoms with E-state index in [4.69, 9.17) is 4.74 Å². The molecule has 22 heavy (non-hydrogen) atoms. The van der Waals surface area contributed by atoms with Crippen molar-refractivity contribution in [1.82, 2.24) is 9.78 Å². The molecule has 0 amide bonds. The van der Waals surface area contributed by atoms with Crippen molar-refractivity contribution in [1.29, 1.82) is 0 Å². The van der Waals surface area contributed by atoms with Gasteiger partial charge < -0.3 is 4.74 Å². The molecule has 0 bridgehead atoms. The first-order valence-electron chi connectivity index (χ1n) is 7.99. The Morgan fingerprint density at radius 3 is 2.91 bits per heavy atom. The van der Waals surface area contributed by atoms with Crippen molar-refractivity contribution in [2.24, 2.45) is 0 Å². The van der Waals surface area contributed by atoms with Crippen LogP contribution in [0, 0.1) is 5.82 Å². The lowest BCUT2D eigenvalue weighted by atomic mass is 9.89. The molecule has 1 spiro atoms. The quantitative estimate of drug-likeness (QED) is 0.812. The van der Waals surface area contributed by atoms with Crippen LogP contribution in [-0.4, -0.2) is 22.0 Å². The van der Waals surface area contributed by atoms with Gasteiger partial charge in [-0.1, -0.05) is 18.9 Å². The third-order valence-corrected chi connectivity index (χ3v) is 5.13. The highest BCUT2D eigenvalue weighted by Crippen LogP contribution is 2.43. The van der Waals surface area contributed by atoms with Crippen molar-refractivity contribution < 1.29 is 9.13 Å². The predicted octanol–water partition coefficient (Wildman–Crippen LogP) is 3.20. The molecule has 116 valence electrons. The summed E-state index contributed by atoms with van der Waals surface area (Å²) in [7, 11) is 0. The second kappa shape index (κ2) is 5.16. The maximum absolute atomic E-state index is 13.8. The van der Waals surface area contributed by atoms with Gasteiger partial charge in [0.15, 0.2) is 0 Å². The fraction of sp³-hybridized carbons (Fsp3) is 0.529. The highest BCUT2D eigenvalue weighted by molar-refractivity contribution is 5.81. The Kier molecular flexibility index (Phi) is 3.26. The Balaban J connectivity index is 1.75. The molecule has 2 aliphatic rings. The fourth-order valence-corrected chi connectivity index (χ4v) is 3.99. The zero-order valence-corrected chi connectivity index (χ0v) is 12.4. The molecule has 2 heterocycles. The molecule has 1 aliphatic heterocycles. The van der Waals surface area contributed by atoms with E-state index in [1.54, 1.807) is 16.8 Å². The highest BCUT2D eigenvalue weighted by Gasteiger charge is 2.41. The van der Waals surface area contributed by atoms with Crippen molar-refractivity contribution in [3.8, 4) is 0 Å². The number of nitrogens with zero attached hydrogens (tertiary/aromatic N) is 2. The van der Waals surface area contributed by atoms with E-state index in [9.17, 15) is 9.18 Å². The Morgan fingerprint density at radius 2 is 2.09 bits per heavy atom. The van der Waals surface area contributed by atoms with E-state index in [-0.39, 0.29) is 17.2 Å². The second-order valence-electron chi connectivity index (χ2n) is 6.48. The normalized spacial score (nSPS) is 24.1. The standard InChI is InChI=1S/C17H19FN2O2/c18-15-5-3-4-13-14(15)11-19-20(16(13)21)12-6-9-22-17(10-12)7-1-2-8-17/h3-5,11-12H,1-2,6-10H2. The van der Waals surface area contributed by atoms with Crippen LogP contribution >= 0.6 is 0 Å². The summed E-state index contributed by atoms with van der Waals surface area (Å²) in [5.74, 6) is -0.395. The molecule has 5 heteroatoms. The average Bonchev–Trinajstić information content (AvgIpc) is 2.96. The molecular formula is C17H19FN2O2. The van der Waals surface area contributed by atoms with E-state index in [1.165, 1.54) is 25.1 Å². The molecule has 1 aromatic carbocycles. The number of hydrogen-bond donors (Lipinski definition) is 0. The Morgan fingerprint density at radius 1 is 1.27 bits per heavy atom. The molecule has 0 radical (unpaired) electrons. The summed E-state index contributed by atoms with van der Waals surface area (Å²) in [6.07, 6.45) is 7.62. The van der Waals surface area contributed by atoms with Crippen LogP contribution in [0.2, 0.25) is 0 Å². The van der Waals surface area contributed by atoms with Gasteiger partial charge >= 0.3 is 0 Å². The number of aromatic nitrogens is 2. The third-order valence-electron chi connectivity index (χ3n) is 5.13. The minimum Gasteiger partial charge on any atom is -0.375 e. The van der Waals surface area contributed by atoms with E-state index in [1.807, 2.05) is 0 Å². The SMILES string of the molecule is O=c1c2cccc(F)c2cnn1C1CCOC2(CCCC2)C1. The number of ether oxygens (including phenoxy) is 1. The predicted molar refractivity (Wildman–Crippen MR) is 81.4 cm³/mol. The van der Waals surface area contributed by atoms with Crippen molar-refractivity contribution in [3.63, 3.8) is 0 Å². The Labute approximate surface area is 127 Å². The first kappa shape index (κ1) is 13.9. The largest absolute Gasteiger partial charge is 0.375 e. The molecule has 1 aliphatic carbocycles. The van der Waals surface area contributed by atoms with Gasteiger partial charge in [0.1, 0.15) is 5.82 Å². The number of hydrogen-bond acceptors (Lipinski definition) is 3. The molecule has 1 aromatic heterocycles. The van der Waals surface area contributed by atoms with Crippen LogP contribution in [-0.2, 0) is 4.74 Å². The van der Waals surface area contributed by atoms with Gasteiger partial charge in [0, 0.05) is 12.0 Å².